The van der Waals surface area contributed by atoms with Crippen LogP contribution >= 0.6 is 0 Å². The highest BCUT2D eigenvalue weighted by Crippen LogP contribution is 2.43. The van der Waals surface area contributed by atoms with Crippen LogP contribution in [0.3, 0.4) is 0 Å². The van der Waals surface area contributed by atoms with Gasteiger partial charge in [-0.3, -0.25) is 25.7 Å². The number of para-hydroxylation sites is 2. The minimum Gasteiger partial charge on any atom is -0.493 e. The van der Waals surface area contributed by atoms with Crippen LogP contribution in [0.2, 0.25) is 0 Å². The van der Waals surface area contributed by atoms with Gasteiger partial charge in [0.2, 0.25) is 11.6 Å². The van der Waals surface area contributed by atoms with Gasteiger partial charge in [-0.1, -0.05) is 45.0 Å². The molecule has 0 aliphatic heterocycles. The van der Waals surface area contributed by atoms with E-state index in [1.54, 1.807) is 30.3 Å². The molecule has 0 spiro atoms. The number of carbonyl (C=O) groups is 2. The number of hydrogen-bond donors (Lipinski definition) is 4. The Morgan fingerprint density at radius 3 is 1.92 bits per heavy atom. The lowest BCUT2D eigenvalue weighted by Gasteiger charge is -2.26. The molecule has 0 fully saturated rings. The summed E-state index contributed by atoms with van der Waals surface area (Å²) in [4.78, 5) is 51.2. The maximum absolute atomic E-state index is 14.8. The Labute approximate surface area is 366 Å². The summed E-state index contributed by atoms with van der Waals surface area (Å²) in [5.74, 6) is -1.50. The first-order valence-electron chi connectivity index (χ1n) is 19.1. The number of benzene rings is 2. The Morgan fingerprint density at radius 1 is 0.672 bits per heavy atom. The molecule has 4 aromatic rings. The minimum absolute atomic E-state index is 0.0441. The van der Waals surface area contributed by atoms with E-state index in [2.05, 4.69) is 29.6 Å². The van der Waals surface area contributed by atoms with Crippen molar-refractivity contribution in [1.82, 2.24) is 30.7 Å². The van der Waals surface area contributed by atoms with Crippen molar-refractivity contribution < 1.29 is 86.4 Å². The van der Waals surface area contributed by atoms with E-state index in [0.29, 0.717) is 17.1 Å². The van der Waals surface area contributed by atoms with Gasteiger partial charge in [0, 0.05) is 12.4 Å². The van der Waals surface area contributed by atoms with Gasteiger partial charge < -0.3 is 37.9 Å². The molecule has 4 N–H and O–H groups in total. The zero-order chi connectivity index (χ0) is 46.5. The van der Waals surface area contributed by atoms with E-state index >= 15 is 0 Å². The summed E-state index contributed by atoms with van der Waals surface area (Å²) < 4.78 is 73.8. The normalized spacial score (nSPS) is 11.6. The van der Waals surface area contributed by atoms with Crippen LogP contribution in [0.4, 0.5) is 15.4 Å². The predicted octanol–water partition coefficient (Wildman–Crippen LogP) is 4.69. The zero-order valence-corrected chi connectivity index (χ0v) is 36.0. The highest BCUT2D eigenvalue weighted by molar-refractivity contribution is 7.92. The molecule has 0 radical (unpaired) electrons. The van der Waals surface area contributed by atoms with Crippen LogP contribution < -0.4 is 18.5 Å². The molecule has 350 valence electrons. The molecule has 26 heteroatoms. The maximum Gasteiger partial charge on any atom is 0.510 e. The molecule has 0 aliphatic carbocycles. The maximum atomic E-state index is 14.8. The fourth-order valence-corrected chi connectivity index (χ4v) is 6.31. The highest BCUT2D eigenvalue weighted by Gasteiger charge is 2.35. The Morgan fingerprint density at radius 2 is 1.27 bits per heavy atom. The Hall–Kier alpha value is -6.07. The second-order valence-corrected chi connectivity index (χ2v) is 15.5. The van der Waals surface area contributed by atoms with Gasteiger partial charge in [0.25, 0.3) is 15.9 Å². The monoisotopic (exact) mass is 923 g/mol. The van der Waals surface area contributed by atoms with Crippen molar-refractivity contribution in [1.29, 1.82) is 0 Å². The van der Waals surface area contributed by atoms with E-state index in [1.807, 2.05) is 20.8 Å². The summed E-state index contributed by atoms with van der Waals surface area (Å²) >= 11 is 0. The number of nitrogens with zero attached hydrogens (tertiary/aromatic N) is 7. The number of ether oxygens (including phenoxy) is 8. The fourth-order valence-electron chi connectivity index (χ4n) is 5.03. The van der Waals surface area contributed by atoms with Crippen molar-refractivity contribution in [3.63, 3.8) is 0 Å². The van der Waals surface area contributed by atoms with Gasteiger partial charge in [-0.05, 0) is 54.2 Å². The number of hydrogen-bond acceptors (Lipinski definition) is 24. The number of rotatable bonds is 26. The average molecular weight is 924 g/mol. The summed E-state index contributed by atoms with van der Waals surface area (Å²) in [6, 6.07) is 13.9. The molecule has 0 unspecified atom stereocenters. The first-order valence-corrected chi connectivity index (χ1v) is 20.6. The van der Waals surface area contributed by atoms with Gasteiger partial charge in [-0.15, -0.1) is 0 Å². The van der Waals surface area contributed by atoms with Crippen LogP contribution in [-0.2, 0) is 48.8 Å². The number of aromatic nitrogens is 4. The number of sulfonamides is 1. The molecule has 2 aromatic carbocycles. The van der Waals surface area contributed by atoms with Crippen molar-refractivity contribution in [3.05, 3.63) is 72.6 Å². The summed E-state index contributed by atoms with van der Waals surface area (Å²) in [7, 11) is -3.38. The molecule has 64 heavy (non-hydrogen) atoms. The summed E-state index contributed by atoms with van der Waals surface area (Å²) in [5, 5.41) is 33.5. The van der Waals surface area contributed by atoms with E-state index in [0.717, 1.165) is 5.56 Å². The molecular weight excluding hydrogens is 875 g/mol. The number of carbonyl (C=O) groups excluding carboxylic acids is 2. The van der Waals surface area contributed by atoms with E-state index in [9.17, 15) is 18.0 Å². The molecule has 0 bridgehead atoms. The molecule has 0 saturated heterocycles. The van der Waals surface area contributed by atoms with E-state index in [1.165, 1.54) is 43.8 Å². The third-order valence-corrected chi connectivity index (χ3v) is 9.82. The number of unbranched alkanes of at least 4 members (excludes halogenated alkanes) is 1. The molecule has 2 aromatic heterocycles. The van der Waals surface area contributed by atoms with Gasteiger partial charge in [0.05, 0.1) is 55.8 Å². The molecule has 0 saturated carbocycles. The third kappa shape index (κ3) is 16.2. The minimum atomic E-state index is -4.76. The van der Waals surface area contributed by atoms with Crippen LogP contribution in [0.15, 0.2) is 71.9 Å². The molecular formula is C38H49N7O18S. The molecule has 2 heterocycles. The van der Waals surface area contributed by atoms with Crippen LogP contribution in [0.1, 0.15) is 39.2 Å². The summed E-state index contributed by atoms with van der Waals surface area (Å²) in [6.07, 6.45) is 1.03. The van der Waals surface area contributed by atoms with Gasteiger partial charge in [0.15, 0.2) is 29.9 Å². The standard InChI is InChI=1S/C38H49N7O18S/c1-38(2,3)27-12-14-28(15-13-27)64(52,53)43(26-60-37(47)58-22-20-55-21-25-62-45(50)51)34-31(63-30-11-6-5-10-29(30)54-4)35(42-33(41-34)32-39-16-9-17-40-32)56-23-24-59-36(46)57-18-7-8-19-61-44(48)49/h5-6,9-17,48-51H,7-8,18-26H2,1-4H3. The van der Waals surface area contributed by atoms with Crippen molar-refractivity contribution >= 4 is 28.2 Å². The molecule has 0 amide bonds. The largest absolute Gasteiger partial charge is 0.510 e. The van der Waals surface area contributed by atoms with Crippen molar-refractivity contribution in [2.45, 2.75) is 43.9 Å². The van der Waals surface area contributed by atoms with Gasteiger partial charge >= 0.3 is 12.3 Å². The van der Waals surface area contributed by atoms with Crippen molar-refractivity contribution in [3.8, 4) is 34.8 Å². The van der Waals surface area contributed by atoms with Crippen LogP contribution in [0.25, 0.3) is 11.6 Å². The number of anilines is 1. The lowest BCUT2D eigenvalue weighted by Crippen LogP contribution is -2.36. The Balaban J connectivity index is 1.74. The highest BCUT2D eigenvalue weighted by atomic mass is 32.2. The Kier molecular flexibility index (Phi) is 20.0. The topological polar surface area (TPSA) is 303 Å². The second kappa shape index (κ2) is 25.3. The molecule has 4 rings (SSSR count). The van der Waals surface area contributed by atoms with Gasteiger partial charge in [0.1, 0.15) is 19.8 Å². The molecule has 0 aliphatic rings. The first-order chi connectivity index (χ1) is 30.6. The van der Waals surface area contributed by atoms with Crippen molar-refractivity contribution in [2.24, 2.45) is 0 Å². The lowest BCUT2D eigenvalue weighted by molar-refractivity contribution is -0.493. The second-order valence-electron chi connectivity index (χ2n) is 13.6. The quantitative estimate of drug-likeness (QED) is 0.0287. The Bertz CT molecular complexity index is 2170. The summed E-state index contributed by atoms with van der Waals surface area (Å²) in [5.41, 5.74) is 0.472. The first kappa shape index (κ1) is 50.6. The number of methoxy groups -OCH3 is 1. The third-order valence-electron chi connectivity index (χ3n) is 8.10. The smallest absolute Gasteiger partial charge is 0.493 e. The molecule has 25 nitrogen and oxygen atoms in total. The van der Waals surface area contributed by atoms with Crippen LogP contribution in [0.5, 0.6) is 23.1 Å². The van der Waals surface area contributed by atoms with Crippen LogP contribution in [0, 0.1) is 0 Å². The SMILES string of the molecule is COc1ccccc1Oc1c(OCCOC(=O)OCCCCON(O)O)nc(-c2ncccn2)nc1N(COC(=O)OCCOCCON(O)O)S(=O)(=O)c1ccc(C(C)(C)C)cc1. The average Bonchev–Trinajstić information content (AvgIpc) is 3.26. The molecule has 0 atom stereocenters. The van der Waals surface area contributed by atoms with E-state index in [-0.39, 0.29) is 73.1 Å². The van der Waals surface area contributed by atoms with Crippen molar-refractivity contribution in [2.75, 3.05) is 71.0 Å². The van der Waals surface area contributed by atoms with E-state index in [4.69, 9.17) is 58.7 Å². The zero-order valence-electron chi connectivity index (χ0n) is 35.2. The fraction of sp³-hybridized carbons (Fsp3) is 0.421. The van der Waals surface area contributed by atoms with Gasteiger partial charge in [-0.2, -0.15) is 4.98 Å². The van der Waals surface area contributed by atoms with Gasteiger partial charge in [-0.25, -0.2) is 42.1 Å². The predicted molar refractivity (Wildman–Crippen MR) is 214 cm³/mol. The van der Waals surface area contributed by atoms with Crippen LogP contribution in [-0.4, -0.2) is 139 Å². The lowest BCUT2D eigenvalue weighted by atomic mass is 9.87. The van der Waals surface area contributed by atoms with E-state index < -0.39 is 70.5 Å². The summed E-state index contributed by atoms with van der Waals surface area (Å²) in [6.45, 7) is 2.96.